The molecule has 0 N–H and O–H groups in total. The van der Waals surface area contributed by atoms with E-state index in [-0.39, 0.29) is 6.09 Å². The Labute approximate surface area is 124 Å². The number of anilines is 1. The van der Waals surface area contributed by atoms with Crippen molar-refractivity contribution < 1.29 is 9.53 Å². The van der Waals surface area contributed by atoms with Crippen molar-refractivity contribution >= 4 is 22.6 Å². The summed E-state index contributed by atoms with van der Waals surface area (Å²) in [4.78, 5) is 20.4. The molecule has 0 aliphatic carbocycles. The van der Waals surface area contributed by atoms with Crippen LogP contribution in [0.1, 0.15) is 33.6 Å². The number of hydrogen-bond donors (Lipinski definition) is 0. The molecule has 1 aliphatic heterocycles. The van der Waals surface area contributed by atoms with Crippen LogP contribution in [0.3, 0.4) is 0 Å². The van der Waals surface area contributed by atoms with E-state index in [4.69, 9.17) is 4.74 Å². The Morgan fingerprint density at radius 3 is 2.90 bits per heavy atom. The van der Waals surface area contributed by atoms with E-state index in [1.807, 2.05) is 44.3 Å². The molecule has 0 saturated carbocycles. The maximum absolute atomic E-state index is 12.1. The summed E-state index contributed by atoms with van der Waals surface area (Å²) >= 11 is 1.62. The second-order valence-corrected chi connectivity index (χ2v) is 7.02. The number of thiazole rings is 1. The lowest BCUT2D eigenvalue weighted by molar-refractivity contribution is 0.0199. The molecule has 2 heterocycles. The van der Waals surface area contributed by atoms with Crippen molar-refractivity contribution in [2.24, 2.45) is 0 Å². The first kappa shape index (κ1) is 15.1. The third kappa shape index (κ3) is 3.85. The number of rotatable bonds is 2. The fourth-order valence-electron chi connectivity index (χ4n) is 2.31. The Bertz CT molecular complexity index is 442. The van der Waals surface area contributed by atoms with Crippen LogP contribution in [-0.2, 0) is 4.74 Å². The molecule has 1 amide bonds. The summed E-state index contributed by atoms with van der Waals surface area (Å²) in [6, 6.07) is 0.308. The van der Waals surface area contributed by atoms with Crippen LogP contribution < -0.4 is 4.90 Å². The fraction of sp³-hybridized carbons (Fsp3) is 0.714. The third-order valence-electron chi connectivity index (χ3n) is 3.32. The van der Waals surface area contributed by atoms with Crippen LogP contribution in [0, 0.1) is 0 Å². The van der Waals surface area contributed by atoms with Gasteiger partial charge in [0.15, 0.2) is 5.13 Å². The topological polar surface area (TPSA) is 45.7 Å². The summed E-state index contributed by atoms with van der Waals surface area (Å²) in [6.07, 6.45) is 3.68. The molecule has 1 aliphatic rings. The molecule has 5 nitrogen and oxygen atoms in total. The Morgan fingerprint density at radius 1 is 1.55 bits per heavy atom. The van der Waals surface area contributed by atoms with Gasteiger partial charge in [-0.25, -0.2) is 9.78 Å². The number of carbonyl (C=O) groups excluding carboxylic acids is 1. The summed E-state index contributed by atoms with van der Waals surface area (Å²) < 4.78 is 5.45. The lowest BCUT2D eigenvalue weighted by Crippen LogP contribution is -2.50. The highest BCUT2D eigenvalue weighted by Crippen LogP contribution is 2.24. The van der Waals surface area contributed by atoms with Gasteiger partial charge < -0.3 is 14.5 Å². The molecule has 1 fully saturated rings. The minimum Gasteiger partial charge on any atom is -0.444 e. The lowest BCUT2D eigenvalue weighted by atomic mass is 10.1. The van der Waals surface area contributed by atoms with Gasteiger partial charge in [0, 0.05) is 37.8 Å². The number of likely N-dealkylation sites (tertiary alicyclic amines) is 1. The molecule has 112 valence electrons. The quantitative estimate of drug-likeness (QED) is 0.842. The van der Waals surface area contributed by atoms with Crippen molar-refractivity contribution in [1.82, 2.24) is 9.88 Å². The number of nitrogens with zero attached hydrogens (tertiary/aromatic N) is 3. The highest BCUT2D eigenvalue weighted by atomic mass is 32.1. The molecule has 0 radical (unpaired) electrons. The predicted octanol–water partition coefficient (Wildman–Crippen LogP) is 2.98. The first-order valence-electron chi connectivity index (χ1n) is 6.97. The molecular formula is C14H23N3O2S. The second-order valence-electron chi connectivity index (χ2n) is 6.15. The van der Waals surface area contributed by atoms with Crippen molar-refractivity contribution in [2.45, 2.75) is 45.3 Å². The minimum absolute atomic E-state index is 0.213. The Hall–Kier alpha value is -1.30. The summed E-state index contributed by atoms with van der Waals surface area (Å²) in [7, 11) is 2.04. The van der Waals surface area contributed by atoms with E-state index in [0.717, 1.165) is 24.5 Å². The molecule has 0 spiro atoms. The minimum atomic E-state index is -0.439. The Balaban J connectivity index is 1.96. The van der Waals surface area contributed by atoms with Gasteiger partial charge in [0.2, 0.25) is 0 Å². The average Bonchev–Trinajstić information content (AvgIpc) is 2.90. The summed E-state index contributed by atoms with van der Waals surface area (Å²) in [5, 5.41) is 2.97. The van der Waals surface area contributed by atoms with Gasteiger partial charge in [-0.1, -0.05) is 0 Å². The first-order valence-corrected chi connectivity index (χ1v) is 7.85. The van der Waals surface area contributed by atoms with Crippen LogP contribution in [0.2, 0.25) is 0 Å². The van der Waals surface area contributed by atoms with E-state index in [2.05, 4.69) is 9.88 Å². The van der Waals surface area contributed by atoms with Gasteiger partial charge in [-0.15, -0.1) is 11.3 Å². The van der Waals surface area contributed by atoms with Crippen molar-refractivity contribution in [3.05, 3.63) is 11.6 Å². The Kier molecular flexibility index (Phi) is 4.52. The van der Waals surface area contributed by atoms with Crippen molar-refractivity contribution in [3.63, 3.8) is 0 Å². The van der Waals surface area contributed by atoms with Crippen molar-refractivity contribution in [3.8, 4) is 0 Å². The number of aromatic nitrogens is 1. The summed E-state index contributed by atoms with van der Waals surface area (Å²) in [5.41, 5.74) is -0.439. The van der Waals surface area contributed by atoms with Crippen LogP contribution in [0.4, 0.5) is 9.93 Å². The first-order chi connectivity index (χ1) is 9.37. The molecule has 2 rings (SSSR count). The van der Waals surface area contributed by atoms with Crippen LogP contribution in [0.25, 0.3) is 0 Å². The van der Waals surface area contributed by atoms with Gasteiger partial charge in [0.05, 0.1) is 0 Å². The van der Waals surface area contributed by atoms with Crippen LogP contribution in [0.15, 0.2) is 11.6 Å². The van der Waals surface area contributed by atoms with Gasteiger partial charge >= 0.3 is 6.09 Å². The SMILES string of the molecule is CN(c1nccs1)C1CCCN(C(=O)OC(C)(C)C)C1. The maximum Gasteiger partial charge on any atom is 0.410 e. The van der Waals surface area contributed by atoms with E-state index in [9.17, 15) is 4.79 Å². The van der Waals surface area contributed by atoms with E-state index in [1.54, 1.807) is 11.3 Å². The monoisotopic (exact) mass is 297 g/mol. The van der Waals surface area contributed by atoms with E-state index >= 15 is 0 Å². The van der Waals surface area contributed by atoms with Gasteiger partial charge in [-0.05, 0) is 33.6 Å². The molecule has 20 heavy (non-hydrogen) atoms. The van der Waals surface area contributed by atoms with E-state index < -0.39 is 5.60 Å². The molecule has 0 bridgehead atoms. The zero-order valence-electron chi connectivity index (χ0n) is 12.6. The average molecular weight is 297 g/mol. The molecule has 1 unspecified atom stereocenters. The number of hydrogen-bond acceptors (Lipinski definition) is 5. The standard InChI is InChI=1S/C14H23N3O2S/c1-14(2,3)19-13(18)17-8-5-6-11(10-17)16(4)12-15-7-9-20-12/h7,9,11H,5-6,8,10H2,1-4H3. The number of ether oxygens (including phenoxy) is 1. The summed E-state index contributed by atoms with van der Waals surface area (Å²) in [6.45, 7) is 7.16. The molecule has 1 saturated heterocycles. The number of likely N-dealkylation sites (N-methyl/N-ethyl adjacent to an activating group) is 1. The number of carbonyl (C=O) groups is 1. The molecule has 1 atom stereocenters. The van der Waals surface area contributed by atoms with E-state index in [0.29, 0.717) is 12.6 Å². The van der Waals surface area contributed by atoms with Gasteiger partial charge in [-0.2, -0.15) is 0 Å². The fourth-order valence-corrected chi connectivity index (χ4v) is 2.99. The molecule has 6 heteroatoms. The van der Waals surface area contributed by atoms with Gasteiger partial charge in [-0.3, -0.25) is 0 Å². The van der Waals surface area contributed by atoms with Gasteiger partial charge in [0.1, 0.15) is 5.60 Å². The zero-order valence-corrected chi connectivity index (χ0v) is 13.4. The largest absolute Gasteiger partial charge is 0.444 e. The predicted molar refractivity (Wildman–Crippen MR) is 81.3 cm³/mol. The highest BCUT2D eigenvalue weighted by Gasteiger charge is 2.30. The smallest absolute Gasteiger partial charge is 0.410 e. The third-order valence-corrected chi connectivity index (χ3v) is 4.18. The summed E-state index contributed by atoms with van der Waals surface area (Å²) in [5.74, 6) is 0. The van der Waals surface area contributed by atoms with Gasteiger partial charge in [0.25, 0.3) is 0 Å². The molecule has 1 aromatic heterocycles. The second kappa shape index (κ2) is 5.99. The van der Waals surface area contributed by atoms with Crippen LogP contribution in [0.5, 0.6) is 0 Å². The van der Waals surface area contributed by atoms with Crippen molar-refractivity contribution in [1.29, 1.82) is 0 Å². The van der Waals surface area contributed by atoms with Crippen LogP contribution in [-0.4, -0.2) is 47.8 Å². The normalized spacial score (nSPS) is 19.8. The Morgan fingerprint density at radius 2 is 2.30 bits per heavy atom. The zero-order chi connectivity index (χ0) is 14.8. The maximum atomic E-state index is 12.1. The lowest BCUT2D eigenvalue weighted by Gasteiger charge is -2.38. The molecular weight excluding hydrogens is 274 g/mol. The molecule has 1 aromatic rings. The van der Waals surface area contributed by atoms with Crippen LogP contribution >= 0.6 is 11.3 Å². The highest BCUT2D eigenvalue weighted by molar-refractivity contribution is 7.13. The number of piperidine rings is 1. The van der Waals surface area contributed by atoms with Crippen molar-refractivity contribution in [2.75, 3.05) is 25.0 Å². The van der Waals surface area contributed by atoms with E-state index in [1.165, 1.54) is 0 Å². The number of amides is 1. The molecule has 0 aromatic carbocycles.